The van der Waals surface area contributed by atoms with E-state index in [2.05, 4.69) is 30.9 Å². The fourth-order valence-corrected chi connectivity index (χ4v) is 2.34. The Hall–Kier alpha value is -1.17. The SMILES string of the molecule is Fc1ccc(-c2nc3nc(Cl)c(Cl)cc3[nH]2)cc1Br. The lowest BCUT2D eigenvalue weighted by Gasteiger charge is -1.98. The second-order valence-corrected chi connectivity index (χ2v) is 5.47. The summed E-state index contributed by atoms with van der Waals surface area (Å²) >= 11 is 14.9. The maximum atomic E-state index is 13.2. The summed E-state index contributed by atoms with van der Waals surface area (Å²) in [6.07, 6.45) is 0. The number of pyridine rings is 1. The number of aromatic nitrogens is 3. The van der Waals surface area contributed by atoms with E-state index in [0.717, 1.165) is 5.56 Å². The number of hydrogen-bond acceptors (Lipinski definition) is 2. The lowest BCUT2D eigenvalue weighted by molar-refractivity contribution is 0.621. The van der Waals surface area contributed by atoms with Crippen molar-refractivity contribution in [2.75, 3.05) is 0 Å². The van der Waals surface area contributed by atoms with Crippen LogP contribution in [0.1, 0.15) is 0 Å². The zero-order valence-corrected chi connectivity index (χ0v) is 12.3. The van der Waals surface area contributed by atoms with Crippen molar-refractivity contribution in [3.63, 3.8) is 0 Å². The van der Waals surface area contributed by atoms with Gasteiger partial charge >= 0.3 is 0 Å². The molecule has 96 valence electrons. The maximum Gasteiger partial charge on any atom is 0.179 e. The molecule has 0 aliphatic carbocycles. The molecule has 0 aliphatic rings. The number of nitrogens with zero attached hydrogens (tertiary/aromatic N) is 2. The fourth-order valence-electron chi connectivity index (χ4n) is 1.68. The van der Waals surface area contributed by atoms with Gasteiger partial charge in [0.1, 0.15) is 16.8 Å². The first-order valence-electron chi connectivity index (χ1n) is 5.22. The van der Waals surface area contributed by atoms with E-state index in [0.29, 0.717) is 26.5 Å². The summed E-state index contributed by atoms with van der Waals surface area (Å²) in [7, 11) is 0. The van der Waals surface area contributed by atoms with E-state index in [9.17, 15) is 4.39 Å². The van der Waals surface area contributed by atoms with Gasteiger partial charge in [0.15, 0.2) is 5.65 Å². The van der Waals surface area contributed by atoms with Crippen LogP contribution in [0.2, 0.25) is 10.2 Å². The average Bonchev–Trinajstić information content (AvgIpc) is 2.76. The molecule has 0 unspecified atom stereocenters. The Morgan fingerprint density at radius 1 is 1.16 bits per heavy atom. The Morgan fingerprint density at radius 3 is 2.68 bits per heavy atom. The smallest absolute Gasteiger partial charge is 0.179 e. The highest BCUT2D eigenvalue weighted by Crippen LogP contribution is 2.27. The number of halogens is 4. The van der Waals surface area contributed by atoms with Crippen molar-refractivity contribution in [2.45, 2.75) is 0 Å². The number of aromatic amines is 1. The molecule has 0 atom stereocenters. The van der Waals surface area contributed by atoms with Crippen molar-refractivity contribution in [3.05, 3.63) is 44.7 Å². The van der Waals surface area contributed by atoms with Gasteiger partial charge in [0.05, 0.1) is 15.0 Å². The van der Waals surface area contributed by atoms with Crippen LogP contribution >= 0.6 is 39.1 Å². The van der Waals surface area contributed by atoms with Crippen LogP contribution in [0.3, 0.4) is 0 Å². The lowest BCUT2D eigenvalue weighted by Crippen LogP contribution is -1.83. The van der Waals surface area contributed by atoms with E-state index in [1.807, 2.05) is 0 Å². The number of hydrogen-bond donors (Lipinski definition) is 1. The van der Waals surface area contributed by atoms with Crippen LogP contribution in [0.15, 0.2) is 28.7 Å². The molecule has 1 aromatic carbocycles. The predicted molar refractivity (Wildman–Crippen MR) is 77.0 cm³/mol. The number of nitrogens with one attached hydrogen (secondary N) is 1. The van der Waals surface area contributed by atoms with Gasteiger partial charge in [0, 0.05) is 5.56 Å². The topological polar surface area (TPSA) is 41.6 Å². The highest BCUT2D eigenvalue weighted by atomic mass is 79.9. The summed E-state index contributed by atoms with van der Waals surface area (Å²) in [6.45, 7) is 0. The van der Waals surface area contributed by atoms with Gasteiger partial charge in [-0.15, -0.1) is 0 Å². The molecular weight excluding hydrogens is 356 g/mol. The molecule has 0 radical (unpaired) electrons. The van der Waals surface area contributed by atoms with E-state index in [1.165, 1.54) is 6.07 Å². The van der Waals surface area contributed by atoms with Crippen molar-refractivity contribution in [1.29, 1.82) is 0 Å². The Kier molecular flexibility index (Phi) is 3.20. The van der Waals surface area contributed by atoms with Crippen LogP contribution in [0.25, 0.3) is 22.6 Å². The third kappa shape index (κ3) is 2.33. The van der Waals surface area contributed by atoms with Crippen LogP contribution < -0.4 is 0 Å². The van der Waals surface area contributed by atoms with Gasteiger partial charge in [0.2, 0.25) is 0 Å². The molecule has 3 aromatic rings. The molecule has 0 aliphatic heterocycles. The number of benzene rings is 1. The van der Waals surface area contributed by atoms with Crippen LogP contribution in [-0.4, -0.2) is 15.0 Å². The van der Waals surface area contributed by atoms with E-state index in [-0.39, 0.29) is 11.0 Å². The lowest BCUT2D eigenvalue weighted by atomic mass is 10.2. The molecule has 0 spiro atoms. The highest BCUT2D eigenvalue weighted by Gasteiger charge is 2.10. The van der Waals surface area contributed by atoms with E-state index < -0.39 is 0 Å². The highest BCUT2D eigenvalue weighted by molar-refractivity contribution is 9.10. The van der Waals surface area contributed by atoms with Crippen LogP contribution in [0.4, 0.5) is 4.39 Å². The molecule has 2 heterocycles. The second kappa shape index (κ2) is 4.74. The Morgan fingerprint density at radius 2 is 1.95 bits per heavy atom. The number of H-pyrrole nitrogens is 1. The number of rotatable bonds is 1. The van der Waals surface area contributed by atoms with Gasteiger partial charge in [-0.25, -0.2) is 14.4 Å². The van der Waals surface area contributed by atoms with Gasteiger partial charge in [-0.3, -0.25) is 0 Å². The first-order chi connectivity index (χ1) is 9.04. The summed E-state index contributed by atoms with van der Waals surface area (Å²) < 4.78 is 13.6. The molecule has 0 saturated heterocycles. The number of imidazole rings is 1. The van der Waals surface area contributed by atoms with Gasteiger partial charge in [-0.1, -0.05) is 23.2 Å². The first kappa shape index (κ1) is 12.8. The van der Waals surface area contributed by atoms with Gasteiger partial charge < -0.3 is 4.98 Å². The largest absolute Gasteiger partial charge is 0.337 e. The van der Waals surface area contributed by atoms with E-state index in [4.69, 9.17) is 23.2 Å². The molecule has 0 fully saturated rings. The Labute approximate surface area is 125 Å². The minimum absolute atomic E-state index is 0.201. The summed E-state index contributed by atoms with van der Waals surface area (Å²) in [4.78, 5) is 11.4. The molecule has 7 heteroatoms. The molecule has 19 heavy (non-hydrogen) atoms. The maximum absolute atomic E-state index is 13.2. The predicted octanol–water partition coefficient (Wildman–Crippen LogP) is 4.83. The van der Waals surface area contributed by atoms with Crippen molar-refractivity contribution in [1.82, 2.24) is 15.0 Å². The molecule has 3 nitrogen and oxygen atoms in total. The molecule has 3 rings (SSSR count). The summed E-state index contributed by atoms with van der Waals surface area (Å²) in [5.74, 6) is 0.241. The number of fused-ring (bicyclic) bond motifs is 1. The standard InChI is InChI=1S/C12H5BrCl2FN3/c13-6-3-5(1-2-8(6)16)11-17-9-4-7(14)10(15)18-12(9)19-11/h1-4H,(H,17,18,19). The molecule has 2 aromatic heterocycles. The van der Waals surface area contributed by atoms with E-state index >= 15 is 0 Å². The third-order valence-corrected chi connectivity index (χ3v) is 3.86. The van der Waals surface area contributed by atoms with Gasteiger partial charge in [-0.2, -0.15) is 0 Å². The average molecular weight is 361 g/mol. The van der Waals surface area contributed by atoms with Crippen LogP contribution in [-0.2, 0) is 0 Å². The first-order valence-corrected chi connectivity index (χ1v) is 6.76. The molecule has 1 N–H and O–H groups in total. The Bertz CT molecular complexity index is 749. The van der Waals surface area contributed by atoms with Crippen molar-refractivity contribution in [3.8, 4) is 11.4 Å². The Balaban J connectivity index is 2.17. The summed E-state index contributed by atoms with van der Waals surface area (Å²) in [5.41, 5.74) is 1.87. The summed E-state index contributed by atoms with van der Waals surface area (Å²) in [5, 5.41) is 0.553. The zero-order chi connectivity index (χ0) is 13.6. The fraction of sp³-hybridized carbons (Fsp3) is 0. The third-order valence-electron chi connectivity index (χ3n) is 2.58. The van der Waals surface area contributed by atoms with Crippen LogP contribution in [0, 0.1) is 5.82 Å². The zero-order valence-electron chi connectivity index (χ0n) is 9.22. The molecule has 0 bridgehead atoms. The minimum Gasteiger partial charge on any atom is -0.337 e. The van der Waals surface area contributed by atoms with Crippen molar-refractivity contribution >= 4 is 50.3 Å². The molecular formula is C12H5BrCl2FN3. The van der Waals surface area contributed by atoms with Gasteiger partial charge in [-0.05, 0) is 40.2 Å². The van der Waals surface area contributed by atoms with Crippen LogP contribution in [0.5, 0.6) is 0 Å². The minimum atomic E-state index is -0.330. The van der Waals surface area contributed by atoms with Crippen molar-refractivity contribution in [2.24, 2.45) is 0 Å². The normalized spacial score (nSPS) is 11.2. The molecule has 0 amide bonds. The molecule has 0 saturated carbocycles. The monoisotopic (exact) mass is 359 g/mol. The van der Waals surface area contributed by atoms with Crippen molar-refractivity contribution < 1.29 is 4.39 Å². The van der Waals surface area contributed by atoms with Gasteiger partial charge in [0.25, 0.3) is 0 Å². The van der Waals surface area contributed by atoms with E-state index in [1.54, 1.807) is 18.2 Å². The second-order valence-electron chi connectivity index (χ2n) is 3.85. The quantitative estimate of drug-likeness (QED) is 0.631. The summed E-state index contributed by atoms with van der Waals surface area (Å²) in [6, 6.07) is 6.28.